The lowest BCUT2D eigenvalue weighted by Gasteiger charge is -2.47. The van der Waals surface area contributed by atoms with Crippen molar-refractivity contribution in [1.29, 1.82) is 0 Å². The molecule has 2 amide bonds. The van der Waals surface area contributed by atoms with Crippen LogP contribution in [0.3, 0.4) is 0 Å². The third-order valence-electron chi connectivity index (χ3n) is 6.52. The van der Waals surface area contributed by atoms with Crippen molar-refractivity contribution in [3.63, 3.8) is 0 Å². The second kappa shape index (κ2) is 7.03. The number of piperidine rings is 2. The first-order valence-corrected chi connectivity index (χ1v) is 10.0. The third kappa shape index (κ3) is 3.02. The van der Waals surface area contributed by atoms with E-state index in [0.717, 1.165) is 57.3 Å². The molecule has 2 unspecified atom stereocenters. The summed E-state index contributed by atoms with van der Waals surface area (Å²) in [5.41, 5.74) is 6.52. The summed E-state index contributed by atoms with van der Waals surface area (Å²) in [6.45, 7) is 2.94. The minimum Gasteiger partial charge on any atom is -0.341 e. The molecule has 1 saturated carbocycles. The van der Waals surface area contributed by atoms with Gasteiger partial charge in [0.1, 0.15) is 0 Å². The van der Waals surface area contributed by atoms with Gasteiger partial charge in [0.2, 0.25) is 11.8 Å². The molecule has 4 rings (SSSR count). The lowest BCUT2D eigenvalue weighted by Crippen LogP contribution is -2.58. The maximum absolute atomic E-state index is 13.3. The van der Waals surface area contributed by atoms with Gasteiger partial charge in [0.15, 0.2) is 0 Å². The van der Waals surface area contributed by atoms with Crippen molar-refractivity contribution in [1.82, 2.24) is 9.80 Å². The maximum atomic E-state index is 13.3. The minimum absolute atomic E-state index is 0.266. The topological polar surface area (TPSA) is 66.6 Å². The summed E-state index contributed by atoms with van der Waals surface area (Å²) in [5.74, 6) is 0.977. The van der Waals surface area contributed by atoms with Gasteiger partial charge < -0.3 is 15.5 Å². The molecule has 3 aliphatic rings. The van der Waals surface area contributed by atoms with E-state index in [1.54, 1.807) is 0 Å². The van der Waals surface area contributed by atoms with Crippen molar-refractivity contribution in [2.75, 3.05) is 26.2 Å². The molecule has 1 aliphatic carbocycles. The first-order chi connectivity index (χ1) is 12.7. The lowest BCUT2D eigenvalue weighted by atomic mass is 9.82. The first kappa shape index (κ1) is 17.5. The molecule has 3 fully saturated rings. The predicted molar refractivity (Wildman–Crippen MR) is 100 cm³/mol. The van der Waals surface area contributed by atoms with E-state index >= 15 is 0 Å². The smallest absolute Gasteiger partial charge is 0.233 e. The van der Waals surface area contributed by atoms with Crippen LogP contribution in [-0.2, 0) is 15.0 Å². The van der Waals surface area contributed by atoms with Crippen LogP contribution in [0.5, 0.6) is 0 Å². The molecule has 2 N–H and O–H groups in total. The fourth-order valence-corrected chi connectivity index (χ4v) is 4.90. The van der Waals surface area contributed by atoms with Crippen LogP contribution in [0.1, 0.15) is 44.1 Å². The van der Waals surface area contributed by atoms with Gasteiger partial charge in [-0.3, -0.25) is 9.59 Å². The normalized spacial score (nSPS) is 27.2. The van der Waals surface area contributed by atoms with Gasteiger partial charge in [0, 0.05) is 32.1 Å². The average molecular weight is 355 g/mol. The number of amides is 2. The van der Waals surface area contributed by atoms with Crippen molar-refractivity contribution in [3.05, 3.63) is 35.9 Å². The highest BCUT2D eigenvalue weighted by atomic mass is 16.2. The van der Waals surface area contributed by atoms with Gasteiger partial charge in [-0.2, -0.15) is 0 Å². The lowest BCUT2D eigenvalue weighted by molar-refractivity contribution is -0.145. The summed E-state index contributed by atoms with van der Waals surface area (Å²) in [6.07, 6.45) is 5.19. The Kier molecular flexibility index (Phi) is 4.74. The van der Waals surface area contributed by atoms with E-state index in [0.29, 0.717) is 30.8 Å². The van der Waals surface area contributed by atoms with Gasteiger partial charge in [0.05, 0.1) is 5.41 Å². The van der Waals surface area contributed by atoms with Crippen molar-refractivity contribution in [2.45, 2.75) is 50.0 Å². The molecule has 2 aliphatic heterocycles. The number of benzene rings is 1. The Bertz CT molecular complexity index is 671. The van der Waals surface area contributed by atoms with E-state index in [4.69, 9.17) is 5.73 Å². The Balaban J connectivity index is 1.45. The Morgan fingerprint density at radius 2 is 1.96 bits per heavy atom. The quantitative estimate of drug-likeness (QED) is 0.877. The largest absolute Gasteiger partial charge is 0.341 e. The number of hydrogen-bond acceptors (Lipinski definition) is 3. The Hall–Kier alpha value is -1.88. The van der Waals surface area contributed by atoms with Crippen molar-refractivity contribution < 1.29 is 9.59 Å². The second-order valence-electron chi connectivity index (χ2n) is 8.08. The Labute approximate surface area is 155 Å². The fourth-order valence-electron chi connectivity index (χ4n) is 4.90. The standard InChI is InChI=1S/C21H29N3O2/c22-12-4-13-24-18-9-14-23(15-16(18)7-8-19(24)25)20(26)21(10-11-21)17-5-2-1-3-6-17/h1-3,5-6,16,18H,4,7-15,22H2. The Morgan fingerprint density at radius 1 is 1.19 bits per heavy atom. The van der Waals surface area contributed by atoms with Gasteiger partial charge in [-0.05, 0) is 50.1 Å². The van der Waals surface area contributed by atoms with Crippen LogP contribution in [0, 0.1) is 5.92 Å². The van der Waals surface area contributed by atoms with E-state index in [1.807, 2.05) is 23.1 Å². The first-order valence-electron chi connectivity index (χ1n) is 10.0. The summed E-state index contributed by atoms with van der Waals surface area (Å²) in [6, 6.07) is 10.5. The van der Waals surface area contributed by atoms with Crippen molar-refractivity contribution in [3.8, 4) is 0 Å². The molecular formula is C21H29N3O2. The molecule has 2 saturated heterocycles. The summed E-state index contributed by atoms with van der Waals surface area (Å²) < 4.78 is 0. The molecule has 0 bridgehead atoms. The van der Waals surface area contributed by atoms with Crippen LogP contribution in [-0.4, -0.2) is 53.8 Å². The van der Waals surface area contributed by atoms with E-state index in [9.17, 15) is 9.59 Å². The maximum Gasteiger partial charge on any atom is 0.233 e. The number of nitrogens with zero attached hydrogens (tertiary/aromatic N) is 2. The molecule has 2 heterocycles. The molecule has 26 heavy (non-hydrogen) atoms. The SMILES string of the molecule is NCCCN1C(=O)CCC2CN(C(=O)C3(c4ccccc4)CC3)CCC21. The molecule has 5 nitrogen and oxygen atoms in total. The van der Waals surface area contributed by atoms with Crippen LogP contribution in [0.4, 0.5) is 0 Å². The number of carbonyl (C=O) groups is 2. The van der Waals surface area contributed by atoms with E-state index in [-0.39, 0.29) is 11.3 Å². The highest BCUT2D eigenvalue weighted by Crippen LogP contribution is 2.50. The molecular weight excluding hydrogens is 326 g/mol. The minimum atomic E-state index is -0.280. The van der Waals surface area contributed by atoms with Gasteiger partial charge >= 0.3 is 0 Å². The number of likely N-dealkylation sites (tertiary alicyclic amines) is 2. The summed E-state index contributed by atoms with van der Waals surface area (Å²) in [4.78, 5) is 29.8. The van der Waals surface area contributed by atoms with Gasteiger partial charge in [0.25, 0.3) is 0 Å². The van der Waals surface area contributed by atoms with Gasteiger partial charge in [-0.25, -0.2) is 0 Å². The van der Waals surface area contributed by atoms with Crippen LogP contribution >= 0.6 is 0 Å². The highest BCUT2D eigenvalue weighted by Gasteiger charge is 2.54. The van der Waals surface area contributed by atoms with Crippen molar-refractivity contribution in [2.24, 2.45) is 11.7 Å². The third-order valence-corrected chi connectivity index (χ3v) is 6.52. The number of fused-ring (bicyclic) bond motifs is 1. The molecule has 140 valence electrons. The van der Waals surface area contributed by atoms with Crippen LogP contribution < -0.4 is 5.73 Å². The van der Waals surface area contributed by atoms with Crippen LogP contribution in [0.2, 0.25) is 0 Å². The molecule has 5 heteroatoms. The van der Waals surface area contributed by atoms with Gasteiger partial charge in [-0.15, -0.1) is 0 Å². The molecule has 1 aromatic carbocycles. The zero-order valence-corrected chi connectivity index (χ0v) is 15.4. The van der Waals surface area contributed by atoms with E-state index in [1.165, 1.54) is 0 Å². The van der Waals surface area contributed by atoms with Crippen LogP contribution in [0.25, 0.3) is 0 Å². The zero-order chi connectivity index (χ0) is 18.1. The number of nitrogens with two attached hydrogens (primary N) is 1. The monoisotopic (exact) mass is 355 g/mol. The molecule has 1 aromatic rings. The predicted octanol–water partition coefficient (Wildman–Crippen LogP) is 1.91. The zero-order valence-electron chi connectivity index (χ0n) is 15.4. The highest BCUT2D eigenvalue weighted by molar-refractivity contribution is 5.91. The summed E-state index contributed by atoms with van der Waals surface area (Å²) in [7, 11) is 0. The van der Waals surface area contributed by atoms with Crippen molar-refractivity contribution >= 4 is 11.8 Å². The molecule has 0 aromatic heterocycles. The fraction of sp³-hybridized carbons (Fsp3) is 0.619. The molecule has 2 atom stereocenters. The Morgan fingerprint density at radius 3 is 2.65 bits per heavy atom. The second-order valence-corrected chi connectivity index (χ2v) is 8.08. The number of carbonyl (C=O) groups excluding carboxylic acids is 2. The van der Waals surface area contributed by atoms with E-state index < -0.39 is 0 Å². The molecule has 0 radical (unpaired) electrons. The van der Waals surface area contributed by atoms with Gasteiger partial charge in [-0.1, -0.05) is 30.3 Å². The summed E-state index contributed by atoms with van der Waals surface area (Å²) in [5, 5.41) is 0. The van der Waals surface area contributed by atoms with E-state index in [2.05, 4.69) is 17.0 Å². The van der Waals surface area contributed by atoms with Crippen LogP contribution in [0.15, 0.2) is 30.3 Å². The molecule has 0 spiro atoms. The number of rotatable bonds is 5. The average Bonchev–Trinajstić information content (AvgIpc) is 3.49. The number of hydrogen-bond donors (Lipinski definition) is 1. The summed E-state index contributed by atoms with van der Waals surface area (Å²) >= 11 is 0.